The van der Waals surface area contributed by atoms with Gasteiger partial charge in [0.2, 0.25) is 0 Å². The van der Waals surface area contributed by atoms with Crippen molar-refractivity contribution in [2.24, 2.45) is 0 Å². The normalized spacial score (nSPS) is 11.9. The summed E-state index contributed by atoms with van der Waals surface area (Å²) in [6, 6.07) is 33.8. The van der Waals surface area contributed by atoms with Crippen LogP contribution in [0.5, 0.6) is 5.75 Å². The van der Waals surface area contributed by atoms with Crippen molar-refractivity contribution in [2.75, 3.05) is 0 Å². The molecule has 0 heterocycles. The minimum Gasteiger partial charge on any atom is -0.481 e. The topological polar surface area (TPSA) is 38.3 Å². The Bertz CT molecular complexity index is 1070. The first-order chi connectivity index (χ1) is 14.7. The van der Waals surface area contributed by atoms with Gasteiger partial charge < -0.3 is 10.1 Å². The van der Waals surface area contributed by atoms with Crippen LogP contribution in [-0.2, 0) is 4.79 Å². The molecule has 30 heavy (non-hydrogen) atoms. The first kappa shape index (κ1) is 19.7. The van der Waals surface area contributed by atoms with E-state index in [1.165, 1.54) is 0 Å². The maximum atomic E-state index is 13.2. The standard InChI is InChI=1S/C27H25NO2/c1-2-25(30-24-18-17-20-11-9-10-16-23(20)19-24)27(29)28-26(21-12-5-3-6-13-21)22-14-7-4-8-15-22/h3-19,25-26H,2H2,1H3,(H,28,29)/t25-/m0/s1. The first-order valence-corrected chi connectivity index (χ1v) is 10.3. The van der Waals surface area contributed by atoms with Gasteiger partial charge in [-0.05, 0) is 40.5 Å². The third kappa shape index (κ3) is 4.52. The third-order valence-electron chi connectivity index (χ3n) is 5.21. The van der Waals surface area contributed by atoms with Crippen molar-refractivity contribution in [1.82, 2.24) is 5.32 Å². The van der Waals surface area contributed by atoms with Crippen molar-refractivity contribution in [3.63, 3.8) is 0 Å². The number of amides is 1. The Morgan fingerprint density at radius 3 is 1.93 bits per heavy atom. The van der Waals surface area contributed by atoms with Crippen LogP contribution in [0.15, 0.2) is 103 Å². The molecule has 1 N–H and O–H groups in total. The molecule has 0 aliphatic rings. The molecule has 0 saturated heterocycles. The molecule has 0 spiro atoms. The predicted octanol–water partition coefficient (Wildman–Crippen LogP) is 5.90. The number of fused-ring (bicyclic) bond motifs is 1. The van der Waals surface area contributed by atoms with Gasteiger partial charge >= 0.3 is 0 Å². The van der Waals surface area contributed by atoms with E-state index in [0.717, 1.165) is 21.9 Å². The highest BCUT2D eigenvalue weighted by Gasteiger charge is 2.23. The highest BCUT2D eigenvalue weighted by molar-refractivity contribution is 5.84. The van der Waals surface area contributed by atoms with Crippen LogP contribution in [-0.4, -0.2) is 12.0 Å². The fourth-order valence-electron chi connectivity index (χ4n) is 3.61. The van der Waals surface area contributed by atoms with Crippen molar-refractivity contribution in [3.8, 4) is 5.75 Å². The summed E-state index contributed by atoms with van der Waals surface area (Å²) < 4.78 is 6.09. The zero-order valence-corrected chi connectivity index (χ0v) is 17.0. The van der Waals surface area contributed by atoms with Gasteiger partial charge in [0.1, 0.15) is 5.75 Å². The molecule has 0 unspecified atom stereocenters. The number of carbonyl (C=O) groups excluding carboxylic acids is 1. The van der Waals surface area contributed by atoms with Crippen molar-refractivity contribution in [1.29, 1.82) is 0 Å². The Labute approximate surface area is 177 Å². The maximum absolute atomic E-state index is 13.2. The smallest absolute Gasteiger partial charge is 0.261 e. The number of benzene rings is 4. The molecule has 4 aromatic carbocycles. The molecule has 0 bridgehead atoms. The summed E-state index contributed by atoms with van der Waals surface area (Å²) in [5.41, 5.74) is 2.08. The SMILES string of the molecule is CC[C@H](Oc1ccc2ccccc2c1)C(=O)NC(c1ccccc1)c1ccccc1. The zero-order chi connectivity index (χ0) is 20.8. The van der Waals surface area contributed by atoms with Gasteiger partial charge in [0, 0.05) is 0 Å². The van der Waals surface area contributed by atoms with E-state index in [2.05, 4.69) is 11.4 Å². The first-order valence-electron chi connectivity index (χ1n) is 10.3. The Morgan fingerprint density at radius 2 is 1.33 bits per heavy atom. The number of nitrogens with one attached hydrogen (secondary N) is 1. The predicted molar refractivity (Wildman–Crippen MR) is 122 cm³/mol. The Hall–Kier alpha value is -3.59. The van der Waals surface area contributed by atoms with Gasteiger partial charge in [-0.1, -0.05) is 97.9 Å². The minimum absolute atomic E-state index is 0.122. The average molecular weight is 396 g/mol. The Kier molecular flexibility index (Phi) is 6.09. The molecule has 4 aromatic rings. The van der Waals surface area contributed by atoms with E-state index in [9.17, 15) is 4.79 Å². The molecule has 3 heteroatoms. The van der Waals surface area contributed by atoms with Gasteiger partial charge in [-0.15, -0.1) is 0 Å². The Morgan fingerprint density at radius 1 is 0.767 bits per heavy atom. The van der Waals surface area contributed by atoms with Gasteiger partial charge in [0.15, 0.2) is 6.10 Å². The molecule has 0 aromatic heterocycles. The van der Waals surface area contributed by atoms with Crippen LogP contribution in [0.25, 0.3) is 10.8 Å². The maximum Gasteiger partial charge on any atom is 0.261 e. The molecule has 0 saturated carbocycles. The molecule has 0 fully saturated rings. The Balaban J connectivity index is 1.55. The number of hydrogen-bond acceptors (Lipinski definition) is 2. The van der Waals surface area contributed by atoms with Gasteiger partial charge in [-0.25, -0.2) is 0 Å². The fraction of sp³-hybridized carbons (Fsp3) is 0.148. The van der Waals surface area contributed by atoms with E-state index < -0.39 is 6.10 Å². The molecule has 4 rings (SSSR count). The summed E-state index contributed by atoms with van der Waals surface area (Å²) >= 11 is 0. The molecule has 0 aliphatic carbocycles. The van der Waals surface area contributed by atoms with E-state index in [4.69, 9.17) is 4.74 Å². The summed E-state index contributed by atoms with van der Waals surface area (Å²) in [5, 5.41) is 5.44. The number of carbonyl (C=O) groups is 1. The highest BCUT2D eigenvalue weighted by atomic mass is 16.5. The summed E-state index contributed by atoms with van der Waals surface area (Å²) in [4.78, 5) is 13.2. The van der Waals surface area contributed by atoms with Gasteiger partial charge in [0.05, 0.1) is 6.04 Å². The lowest BCUT2D eigenvalue weighted by molar-refractivity contribution is -0.128. The summed E-state index contributed by atoms with van der Waals surface area (Å²) in [6.07, 6.45) is 0.00989. The quantitative estimate of drug-likeness (QED) is 0.423. The van der Waals surface area contributed by atoms with Crippen LogP contribution >= 0.6 is 0 Å². The van der Waals surface area contributed by atoms with E-state index in [1.54, 1.807) is 0 Å². The monoisotopic (exact) mass is 395 g/mol. The molecule has 1 atom stereocenters. The molecule has 3 nitrogen and oxygen atoms in total. The van der Waals surface area contributed by atoms with Crippen molar-refractivity contribution < 1.29 is 9.53 Å². The van der Waals surface area contributed by atoms with E-state index in [0.29, 0.717) is 12.2 Å². The second-order valence-electron chi connectivity index (χ2n) is 7.29. The molecule has 150 valence electrons. The van der Waals surface area contributed by atoms with Crippen molar-refractivity contribution >= 4 is 16.7 Å². The van der Waals surface area contributed by atoms with Crippen molar-refractivity contribution in [2.45, 2.75) is 25.5 Å². The zero-order valence-electron chi connectivity index (χ0n) is 17.0. The number of ether oxygens (including phenoxy) is 1. The molecule has 0 aliphatic heterocycles. The van der Waals surface area contributed by atoms with E-state index in [1.807, 2.05) is 104 Å². The molecular weight excluding hydrogens is 370 g/mol. The lowest BCUT2D eigenvalue weighted by Crippen LogP contribution is -2.40. The van der Waals surface area contributed by atoms with Crippen LogP contribution < -0.4 is 10.1 Å². The van der Waals surface area contributed by atoms with Gasteiger partial charge in [-0.3, -0.25) is 4.79 Å². The highest BCUT2D eigenvalue weighted by Crippen LogP contribution is 2.24. The third-order valence-corrected chi connectivity index (χ3v) is 5.21. The summed E-state index contributed by atoms with van der Waals surface area (Å²) in [6.45, 7) is 1.96. The second kappa shape index (κ2) is 9.27. The summed E-state index contributed by atoms with van der Waals surface area (Å²) in [7, 11) is 0. The molecule has 0 radical (unpaired) electrons. The van der Waals surface area contributed by atoms with Gasteiger partial charge in [-0.2, -0.15) is 0 Å². The van der Waals surface area contributed by atoms with Crippen LogP contribution in [0.1, 0.15) is 30.5 Å². The lowest BCUT2D eigenvalue weighted by Gasteiger charge is -2.24. The average Bonchev–Trinajstić information content (AvgIpc) is 2.82. The fourth-order valence-corrected chi connectivity index (χ4v) is 3.61. The number of hydrogen-bond donors (Lipinski definition) is 1. The second-order valence-corrected chi connectivity index (χ2v) is 7.29. The molecular formula is C27H25NO2. The van der Waals surface area contributed by atoms with Crippen LogP contribution in [0.2, 0.25) is 0 Å². The van der Waals surface area contributed by atoms with E-state index in [-0.39, 0.29) is 11.9 Å². The van der Waals surface area contributed by atoms with Crippen LogP contribution in [0, 0.1) is 0 Å². The lowest BCUT2D eigenvalue weighted by atomic mass is 9.98. The van der Waals surface area contributed by atoms with Crippen LogP contribution in [0.4, 0.5) is 0 Å². The summed E-state index contributed by atoms with van der Waals surface area (Å²) in [5.74, 6) is 0.579. The van der Waals surface area contributed by atoms with E-state index >= 15 is 0 Å². The largest absolute Gasteiger partial charge is 0.481 e. The van der Waals surface area contributed by atoms with Crippen LogP contribution in [0.3, 0.4) is 0 Å². The number of rotatable bonds is 7. The molecule has 1 amide bonds. The van der Waals surface area contributed by atoms with Gasteiger partial charge in [0.25, 0.3) is 5.91 Å². The minimum atomic E-state index is -0.568. The van der Waals surface area contributed by atoms with Crippen molar-refractivity contribution in [3.05, 3.63) is 114 Å².